The Morgan fingerprint density at radius 2 is 1.84 bits per heavy atom. The maximum absolute atomic E-state index is 15.6. The van der Waals surface area contributed by atoms with Crippen molar-refractivity contribution in [2.75, 3.05) is 13.6 Å². The average Bonchev–Trinajstić information content (AvgIpc) is 3.69. The Morgan fingerprint density at radius 1 is 1.04 bits per heavy atom. The first-order valence-electron chi connectivity index (χ1n) is 16.3. The van der Waals surface area contributed by atoms with E-state index in [2.05, 4.69) is 23.8 Å². The fourth-order valence-corrected chi connectivity index (χ4v) is 6.68. The Hall–Kier alpha value is -5.13. The molecular formula is C37H40F2N6O4. The third-order valence-electron chi connectivity index (χ3n) is 9.55. The summed E-state index contributed by atoms with van der Waals surface area (Å²) in [6, 6.07) is 13.2. The van der Waals surface area contributed by atoms with E-state index in [-0.39, 0.29) is 53.5 Å². The number of imidazole rings is 1. The number of carbonyl (C=O) groups is 2. The average molecular weight is 671 g/mol. The van der Waals surface area contributed by atoms with E-state index in [4.69, 9.17) is 14.8 Å². The molecular weight excluding hydrogens is 630 g/mol. The zero-order valence-electron chi connectivity index (χ0n) is 28.3. The van der Waals surface area contributed by atoms with Gasteiger partial charge in [-0.05, 0) is 67.3 Å². The summed E-state index contributed by atoms with van der Waals surface area (Å²) in [6.45, 7) is 6.70. The first-order chi connectivity index (χ1) is 23.2. The van der Waals surface area contributed by atoms with E-state index in [0.29, 0.717) is 48.2 Å². The van der Waals surface area contributed by atoms with Crippen molar-refractivity contribution in [2.45, 2.75) is 64.7 Å². The van der Waals surface area contributed by atoms with Crippen molar-refractivity contribution in [1.82, 2.24) is 29.6 Å². The molecule has 3 heterocycles. The lowest BCUT2D eigenvalue weighted by atomic mass is 9.73. The number of carbonyl (C=O) groups excluding carboxylic acids is 1. The maximum Gasteiger partial charge on any atom is 0.303 e. The molecule has 4 bridgehead atoms. The largest absolute Gasteiger partial charge is 0.481 e. The summed E-state index contributed by atoms with van der Waals surface area (Å²) in [5.74, 6) is -1.36. The maximum atomic E-state index is 15.6. The molecule has 1 atom stereocenters. The van der Waals surface area contributed by atoms with Gasteiger partial charge in [0.15, 0.2) is 23.2 Å². The molecule has 1 aliphatic heterocycles. The van der Waals surface area contributed by atoms with Crippen LogP contribution in [0.15, 0.2) is 54.9 Å². The molecule has 0 saturated carbocycles. The first kappa shape index (κ1) is 33.8. The monoisotopic (exact) mass is 670 g/mol. The summed E-state index contributed by atoms with van der Waals surface area (Å²) in [6.07, 6.45) is 3.37. The third kappa shape index (κ3) is 6.90. The molecule has 0 saturated heterocycles. The molecule has 12 heteroatoms. The smallest absolute Gasteiger partial charge is 0.303 e. The van der Waals surface area contributed by atoms with Crippen molar-refractivity contribution in [3.63, 3.8) is 0 Å². The van der Waals surface area contributed by atoms with Gasteiger partial charge in [-0.3, -0.25) is 9.59 Å². The van der Waals surface area contributed by atoms with E-state index in [1.54, 1.807) is 19.0 Å². The molecule has 0 radical (unpaired) electrons. The number of carboxylic acid groups (broad SMARTS) is 1. The van der Waals surface area contributed by atoms with Gasteiger partial charge in [0.25, 0.3) is 0 Å². The van der Waals surface area contributed by atoms with Gasteiger partial charge in [-0.1, -0.05) is 38.1 Å². The number of rotatable bonds is 4. The van der Waals surface area contributed by atoms with Crippen LogP contribution in [0.3, 0.4) is 0 Å². The Kier molecular flexibility index (Phi) is 9.00. The number of aryl methyl sites for hydroxylation is 3. The van der Waals surface area contributed by atoms with Crippen molar-refractivity contribution in [2.24, 2.45) is 12.5 Å². The molecule has 0 spiro atoms. The van der Waals surface area contributed by atoms with Crippen molar-refractivity contribution < 1.29 is 28.2 Å². The minimum absolute atomic E-state index is 0.00180. The molecule has 1 amide bonds. The van der Waals surface area contributed by atoms with Crippen LogP contribution in [0.2, 0.25) is 0 Å². The number of benzene rings is 3. The predicted octanol–water partition coefficient (Wildman–Crippen LogP) is 6.96. The Bertz CT molecular complexity index is 2050. The first-order valence-corrected chi connectivity index (χ1v) is 16.3. The SMILES string of the molecule is CN1CC(C)(C)CCC(C)(c2cccc(CCC(=O)O)c2)c2nc(n(C)n2)-c2cc(ccc2F)Oc2c(F)cc3[nH]cnc3c2CCC1=O. The van der Waals surface area contributed by atoms with Gasteiger partial charge in [0.1, 0.15) is 11.6 Å². The topological polar surface area (TPSA) is 126 Å². The highest BCUT2D eigenvalue weighted by atomic mass is 19.1. The quantitative estimate of drug-likeness (QED) is 0.212. The number of carboxylic acids is 1. The lowest BCUT2D eigenvalue weighted by Crippen LogP contribution is -2.37. The lowest BCUT2D eigenvalue weighted by molar-refractivity contribution is -0.137. The van der Waals surface area contributed by atoms with Crippen LogP contribution in [-0.2, 0) is 34.9 Å². The van der Waals surface area contributed by atoms with Crippen molar-refractivity contribution in [3.05, 3.63) is 89.0 Å². The Balaban J connectivity index is 1.50. The Labute approximate surface area is 283 Å². The molecule has 1 unspecified atom stereocenters. The lowest BCUT2D eigenvalue weighted by Gasteiger charge is -2.35. The zero-order chi connectivity index (χ0) is 35.1. The van der Waals surface area contributed by atoms with Crippen LogP contribution >= 0.6 is 0 Å². The van der Waals surface area contributed by atoms with E-state index < -0.39 is 23.0 Å². The molecule has 2 N–H and O–H groups in total. The zero-order valence-corrected chi connectivity index (χ0v) is 28.3. The van der Waals surface area contributed by atoms with Crippen LogP contribution in [0, 0.1) is 17.0 Å². The van der Waals surface area contributed by atoms with Gasteiger partial charge < -0.3 is 19.7 Å². The van der Waals surface area contributed by atoms with Crippen LogP contribution in [-0.4, -0.2) is 60.2 Å². The molecule has 10 nitrogen and oxygen atoms in total. The van der Waals surface area contributed by atoms with Gasteiger partial charge in [0.2, 0.25) is 5.91 Å². The molecule has 0 fully saturated rings. The molecule has 1 aliphatic rings. The van der Waals surface area contributed by atoms with Gasteiger partial charge in [0, 0.05) is 45.1 Å². The summed E-state index contributed by atoms with van der Waals surface area (Å²) in [5.41, 5.74) is 2.21. The second-order valence-electron chi connectivity index (χ2n) is 13.9. The highest BCUT2D eigenvalue weighted by molar-refractivity contribution is 5.83. The third-order valence-corrected chi connectivity index (χ3v) is 9.55. The normalized spacial score (nSPS) is 18.4. The summed E-state index contributed by atoms with van der Waals surface area (Å²) >= 11 is 0. The van der Waals surface area contributed by atoms with E-state index in [0.717, 1.165) is 11.1 Å². The highest BCUT2D eigenvalue weighted by Gasteiger charge is 2.37. The van der Waals surface area contributed by atoms with E-state index >= 15 is 8.78 Å². The molecule has 256 valence electrons. The van der Waals surface area contributed by atoms with Crippen molar-refractivity contribution >= 4 is 22.9 Å². The fraction of sp³-hybridized carbons (Fsp3) is 0.378. The predicted molar refractivity (Wildman–Crippen MR) is 180 cm³/mol. The fourth-order valence-electron chi connectivity index (χ4n) is 6.68. The van der Waals surface area contributed by atoms with Gasteiger partial charge >= 0.3 is 5.97 Å². The number of aromatic nitrogens is 5. The number of fused-ring (bicyclic) bond motifs is 8. The van der Waals surface area contributed by atoms with E-state index in [1.807, 2.05) is 31.2 Å². The number of halogens is 2. The van der Waals surface area contributed by atoms with Gasteiger partial charge in [-0.25, -0.2) is 23.4 Å². The number of H-pyrrole nitrogens is 1. The number of aliphatic carboxylic acids is 1. The van der Waals surface area contributed by atoms with E-state index in [1.165, 1.54) is 35.3 Å². The molecule has 49 heavy (non-hydrogen) atoms. The minimum atomic E-state index is -0.877. The number of hydrogen-bond donors (Lipinski definition) is 2. The Morgan fingerprint density at radius 3 is 2.61 bits per heavy atom. The number of aromatic amines is 1. The number of amides is 1. The molecule has 5 aromatic rings. The van der Waals surface area contributed by atoms with Crippen LogP contribution in [0.1, 0.15) is 69.0 Å². The summed E-state index contributed by atoms with van der Waals surface area (Å²) in [4.78, 5) is 38.8. The summed E-state index contributed by atoms with van der Waals surface area (Å²) < 4.78 is 38.9. The van der Waals surface area contributed by atoms with Crippen molar-refractivity contribution in [3.8, 4) is 22.9 Å². The van der Waals surface area contributed by atoms with E-state index in [9.17, 15) is 14.7 Å². The number of ether oxygens (including phenoxy) is 1. The second kappa shape index (κ2) is 13.1. The molecule has 0 aliphatic carbocycles. The van der Waals surface area contributed by atoms with Gasteiger partial charge in [0.05, 0.1) is 28.3 Å². The summed E-state index contributed by atoms with van der Waals surface area (Å²) in [5, 5.41) is 14.1. The van der Waals surface area contributed by atoms with Crippen LogP contribution in [0.5, 0.6) is 11.5 Å². The molecule has 2 aromatic heterocycles. The standard InChI is InChI=1S/C37H40F2N6O4/c1-36(2)15-16-37(3,23-8-6-7-22(17-23)9-14-31(47)48)35-42-34(45(5)43-35)26-18-24(10-12-27(26)38)49-33-25(11-13-30(46)44(4)20-36)32-29(19-28(33)39)40-21-41-32/h6-8,10,12,17-19,21H,9,11,13-16,20H2,1-5H3,(H,40,41)(H,47,48). The van der Waals surface area contributed by atoms with Crippen LogP contribution in [0.4, 0.5) is 8.78 Å². The summed E-state index contributed by atoms with van der Waals surface area (Å²) in [7, 11) is 3.46. The minimum Gasteiger partial charge on any atom is -0.481 e. The van der Waals surface area contributed by atoms with Crippen molar-refractivity contribution in [1.29, 1.82) is 0 Å². The highest BCUT2D eigenvalue weighted by Crippen LogP contribution is 2.41. The van der Waals surface area contributed by atoms with Gasteiger partial charge in [-0.15, -0.1) is 0 Å². The molecule has 6 rings (SSSR count). The molecule has 3 aromatic carbocycles. The number of nitrogens with zero attached hydrogens (tertiary/aromatic N) is 5. The van der Waals surface area contributed by atoms with Crippen LogP contribution in [0.25, 0.3) is 22.4 Å². The second-order valence-corrected chi connectivity index (χ2v) is 13.9. The van der Waals surface area contributed by atoms with Gasteiger partial charge in [-0.2, -0.15) is 5.10 Å². The van der Waals surface area contributed by atoms with Crippen LogP contribution < -0.4 is 4.74 Å². The number of hydrogen-bond acceptors (Lipinski definition) is 6. The number of nitrogens with one attached hydrogen (secondary N) is 1.